The molecule has 2 aliphatic rings. The Labute approximate surface area is 224 Å². The van der Waals surface area contributed by atoms with Gasteiger partial charge in [0.1, 0.15) is 23.3 Å². The third-order valence-corrected chi connectivity index (χ3v) is 9.33. The molecule has 0 saturated carbocycles. The number of benzene rings is 1. The predicted molar refractivity (Wildman–Crippen MR) is 145 cm³/mol. The summed E-state index contributed by atoms with van der Waals surface area (Å²) in [6.07, 6.45) is 3.89. The van der Waals surface area contributed by atoms with E-state index in [-0.39, 0.29) is 24.5 Å². The highest BCUT2D eigenvalue weighted by molar-refractivity contribution is 7.82. The molecule has 1 aromatic rings. The summed E-state index contributed by atoms with van der Waals surface area (Å²) < 4.78 is 25.7. The maximum Gasteiger partial charge on any atom is 0.248 e. The van der Waals surface area contributed by atoms with E-state index in [0.29, 0.717) is 25.6 Å². The molecule has 2 saturated heterocycles. The number of likely N-dealkylation sites (tertiary alicyclic amines) is 2. The number of rotatable bonds is 11. The maximum absolute atomic E-state index is 13.0. The van der Waals surface area contributed by atoms with Crippen molar-refractivity contribution in [3.05, 3.63) is 23.3 Å². The third-order valence-electron chi connectivity index (χ3n) is 7.59. The molecule has 2 amide bonds. The van der Waals surface area contributed by atoms with Crippen molar-refractivity contribution < 1.29 is 23.3 Å². The van der Waals surface area contributed by atoms with Crippen LogP contribution in [0.5, 0.6) is 5.75 Å². The second kappa shape index (κ2) is 13.7. The molecule has 0 N–H and O–H groups in total. The van der Waals surface area contributed by atoms with Gasteiger partial charge in [0.25, 0.3) is 0 Å². The van der Waals surface area contributed by atoms with E-state index in [2.05, 4.69) is 4.90 Å². The van der Waals surface area contributed by atoms with Crippen molar-refractivity contribution in [2.75, 3.05) is 74.2 Å². The molecule has 0 radical (unpaired) electrons. The van der Waals surface area contributed by atoms with Crippen LogP contribution in [0, 0.1) is 19.8 Å². The van der Waals surface area contributed by atoms with E-state index in [1.807, 2.05) is 45.0 Å². The molecular weight excluding hydrogens is 492 g/mol. The number of ether oxygens (including phenoxy) is 2. The highest BCUT2D eigenvalue weighted by Gasteiger charge is 2.33. The lowest BCUT2D eigenvalue weighted by Gasteiger charge is -2.36. The summed E-state index contributed by atoms with van der Waals surface area (Å²) in [5.74, 6) is 1.35. The average Bonchev–Trinajstić information content (AvgIpc) is 3.31. The van der Waals surface area contributed by atoms with Crippen LogP contribution in [0.1, 0.15) is 36.8 Å². The van der Waals surface area contributed by atoms with Crippen molar-refractivity contribution in [2.24, 2.45) is 5.92 Å². The number of nitrogens with zero attached hydrogens (tertiary/aromatic N) is 4. The number of aryl methyl sites for hydroxylation is 2. The van der Waals surface area contributed by atoms with Crippen molar-refractivity contribution in [3.8, 4) is 5.75 Å². The number of likely N-dealkylation sites (N-methyl/N-ethyl adjacent to an activating group) is 3. The molecule has 208 valence electrons. The van der Waals surface area contributed by atoms with Crippen LogP contribution in [0.4, 0.5) is 0 Å². The Bertz CT molecular complexity index is 943. The molecule has 1 unspecified atom stereocenters. The van der Waals surface area contributed by atoms with Crippen molar-refractivity contribution >= 4 is 22.8 Å². The Morgan fingerprint density at radius 3 is 2.30 bits per heavy atom. The lowest BCUT2D eigenvalue weighted by Crippen LogP contribution is -2.48. The lowest BCUT2D eigenvalue weighted by atomic mass is 9.95. The van der Waals surface area contributed by atoms with Gasteiger partial charge >= 0.3 is 0 Å². The molecule has 1 aromatic carbocycles. The minimum absolute atomic E-state index is 0.00289. The Kier molecular flexibility index (Phi) is 10.9. The summed E-state index contributed by atoms with van der Waals surface area (Å²) in [7, 11) is 5.93. The summed E-state index contributed by atoms with van der Waals surface area (Å²) >= 11 is 0. The second-order valence-electron chi connectivity index (χ2n) is 10.4. The van der Waals surface area contributed by atoms with Crippen molar-refractivity contribution in [2.45, 2.75) is 50.5 Å². The Morgan fingerprint density at radius 2 is 1.73 bits per heavy atom. The summed E-state index contributed by atoms with van der Waals surface area (Å²) in [5.41, 5.74) is 1.83. The van der Waals surface area contributed by atoms with Crippen LogP contribution in [0.25, 0.3) is 0 Å². The van der Waals surface area contributed by atoms with Crippen LogP contribution in [-0.2, 0) is 25.3 Å². The molecule has 9 nitrogen and oxygen atoms in total. The van der Waals surface area contributed by atoms with Crippen LogP contribution in [0.2, 0.25) is 0 Å². The van der Waals surface area contributed by atoms with Gasteiger partial charge in [-0.05, 0) is 82.3 Å². The zero-order valence-electron chi connectivity index (χ0n) is 23.3. The summed E-state index contributed by atoms with van der Waals surface area (Å²) in [6, 6.07) is 3.81. The van der Waals surface area contributed by atoms with Crippen LogP contribution in [0.3, 0.4) is 0 Å². The van der Waals surface area contributed by atoms with Crippen LogP contribution >= 0.6 is 0 Å². The first kappa shape index (κ1) is 29.5. The van der Waals surface area contributed by atoms with E-state index in [1.165, 1.54) is 0 Å². The highest BCUT2D eigenvalue weighted by Crippen LogP contribution is 2.26. The van der Waals surface area contributed by atoms with Gasteiger partial charge in [-0.15, -0.1) is 0 Å². The molecule has 2 atom stereocenters. The molecule has 0 aliphatic carbocycles. The van der Waals surface area contributed by atoms with E-state index in [9.17, 15) is 13.8 Å². The SMILES string of the molecule is COc1cc(C)c(S(=O)N(C)CCOCC(=O)N(C)CC2CCN(C(=O)[C@@H]3CCCN3C)CC2)c(C)c1. The fourth-order valence-electron chi connectivity index (χ4n) is 5.26. The smallest absolute Gasteiger partial charge is 0.248 e. The van der Waals surface area contributed by atoms with Crippen molar-refractivity contribution in [1.82, 2.24) is 19.0 Å². The van der Waals surface area contributed by atoms with Gasteiger partial charge in [0, 0.05) is 40.3 Å². The quantitative estimate of drug-likeness (QED) is 0.403. The van der Waals surface area contributed by atoms with Crippen molar-refractivity contribution in [3.63, 3.8) is 0 Å². The van der Waals surface area contributed by atoms with Crippen molar-refractivity contribution in [1.29, 1.82) is 0 Å². The minimum atomic E-state index is -1.33. The number of piperidine rings is 1. The minimum Gasteiger partial charge on any atom is -0.497 e. The number of hydrogen-bond donors (Lipinski definition) is 0. The molecular formula is C27H44N4O5S. The first-order valence-electron chi connectivity index (χ1n) is 13.2. The topological polar surface area (TPSA) is 82.6 Å². The molecule has 2 aliphatic heterocycles. The summed E-state index contributed by atoms with van der Waals surface area (Å²) in [6.45, 7) is 7.82. The van der Waals surface area contributed by atoms with E-state index < -0.39 is 11.0 Å². The van der Waals surface area contributed by atoms with E-state index in [1.54, 1.807) is 23.4 Å². The predicted octanol–water partition coefficient (Wildman–Crippen LogP) is 2.07. The maximum atomic E-state index is 13.0. The second-order valence-corrected chi connectivity index (χ2v) is 12.0. The van der Waals surface area contributed by atoms with Gasteiger partial charge < -0.3 is 19.3 Å². The number of carbonyl (C=O) groups is 2. The lowest BCUT2D eigenvalue weighted by molar-refractivity contribution is -0.139. The number of carbonyl (C=O) groups excluding carboxylic acids is 2. The molecule has 0 bridgehead atoms. The van der Waals surface area contributed by atoms with E-state index in [0.717, 1.165) is 67.1 Å². The van der Waals surface area contributed by atoms with E-state index in [4.69, 9.17) is 9.47 Å². The molecule has 3 rings (SSSR count). The summed E-state index contributed by atoms with van der Waals surface area (Å²) in [4.78, 5) is 32.1. The van der Waals surface area contributed by atoms with Gasteiger partial charge in [-0.1, -0.05) is 0 Å². The molecule has 2 heterocycles. The Hall–Kier alpha value is -2.01. The normalized spacial score (nSPS) is 19.9. The highest BCUT2D eigenvalue weighted by atomic mass is 32.2. The van der Waals surface area contributed by atoms with Gasteiger partial charge in [-0.2, -0.15) is 0 Å². The molecule has 0 aromatic heterocycles. The van der Waals surface area contributed by atoms with Crippen LogP contribution in [-0.4, -0.2) is 115 Å². The fourth-order valence-corrected chi connectivity index (χ4v) is 6.48. The van der Waals surface area contributed by atoms with Gasteiger partial charge in [0.2, 0.25) is 11.8 Å². The Balaban J connectivity index is 1.35. The first-order valence-corrected chi connectivity index (χ1v) is 14.3. The van der Waals surface area contributed by atoms with E-state index >= 15 is 0 Å². The fraction of sp³-hybridized carbons (Fsp3) is 0.704. The van der Waals surface area contributed by atoms with Gasteiger partial charge in [-0.25, -0.2) is 8.51 Å². The van der Waals surface area contributed by atoms with Gasteiger partial charge in [0.05, 0.1) is 24.7 Å². The number of hydrogen-bond acceptors (Lipinski definition) is 6. The molecule has 10 heteroatoms. The molecule has 2 fully saturated rings. The first-order chi connectivity index (χ1) is 17.6. The zero-order valence-corrected chi connectivity index (χ0v) is 24.1. The standard InChI is InChI=1S/C27H44N4O5S/c1-20-16-23(35-6)17-21(2)26(20)37(34)30(5)14-15-36-19-25(32)29(4)18-22-9-12-31(13-10-22)27(33)24-8-7-11-28(24)3/h16-17,22,24H,7-15,18-19H2,1-6H3/t24-,37?/m0/s1. The number of amides is 2. The Morgan fingerprint density at radius 1 is 1.08 bits per heavy atom. The monoisotopic (exact) mass is 536 g/mol. The van der Waals surface area contributed by atoms with Gasteiger partial charge in [0.15, 0.2) is 0 Å². The average molecular weight is 537 g/mol. The van der Waals surface area contributed by atoms with Gasteiger partial charge in [-0.3, -0.25) is 14.5 Å². The molecule has 37 heavy (non-hydrogen) atoms. The number of methoxy groups -OCH3 is 1. The third kappa shape index (κ3) is 7.75. The largest absolute Gasteiger partial charge is 0.497 e. The van der Waals surface area contributed by atoms with Crippen LogP contribution in [0.15, 0.2) is 17.0 Å². The molecule has 0 spiro atoms. The zero-order chi connectivity index (χ0) is 27.1. The van der Waals surface area contributed by atoms with Crippen LogP contribution < -0.4 is 4.74 Å². The summed E-state index contributed by atoms with van der Waals surface area (Å²) in [5, 5.41) is 0.